The Bertz CT molecular complexity index is 1310. The third kappa shape index (κ3) is 6.94. The van der Waals surface area contributed by atoms with Crippen molar-refractivity contribution in [2.45, 2.75) is 60.4 Å². The van der Waals surface area contributed by atoms with Gasteiger partial charge in [-0.3, -0.25) is 4.99 Å². The highest BCUT2D eigenvalue weighted by Gasteiger charge is 2.40. The maximum Gasteiger partial charge on any atom is 0.431 e. The molecule has 3 rings (SSSR count). The van der Waals surface area contributed by atoms with E-state index >= 15 is 0 Å². The van der Waals surface area contributed by atoms with E-state index in [1.807, 2.05) is 0 Å². The maximum absolute atomic E-state index is 13.0. The Morgan fingerprint density at radius 2 is 2.05 bits per heavy atom. The zero-order chi connectivity index (χ0) is 28.5. The lowest BCUT2D eigenvalue weighted by Gasteiger charge is -2.34. The van der Waals surface area contributed by atoms with Crippen LogP contribution in [0.2, 0.25) is 0 Å². The summed E-state index contributed by atoms with van der Waals surface area (Å²) in [5.41, 5.74) is 5.88. The molecule has 11 nitrogen and oxygen atoms in total. The number of aliphatic imine (C=N–C) groups is 1. The molecule has 0 aromatic carbocycles. The standard InChI is InChI=1S/C25H40BN7O4S/c1-17-13-25(6,7)32(15-17)23-19(26(34)31-38(35,36)20(14-28-8)18(2)27)9-10-21(29-23)33-12-11-22(30-33)37-16-24(3,4)5/h9-12,14,17,31,34H,13,15-16,27H2,1-8H3/t17-/m0/s1. The smallest absolute Gasteiger partial charge is 0.431 e. The number of hydrogen-bond acceptors (Lipinski definition) is 9. The van der Waals surface area contributed by atoms with Crippen LogP contribution in [0, 0.1) is 11.3 Å². The molecule has 3 heterocycles. The van der Waals surface area contributed by atoms with Gasteiger partial charge in [0.25, 0.3) is 0 Å². The Labute approximate surface area is 226 Å². The first-order chi connectivity index (χ1) is 17.5. The van der Waals surface area contributed by atoms with E-state index in [0.717, 1.165) is 12.6 Å². The average Bonchev–Trinajstić information content (AvgIpc) is 3.37. The van der Waals surface area contributed by atoms with Crippen molar-refractivity contribution in [3.63, 3.8) is 0 Å². The molecular weight excluding hydrogens is 505 g/mol. The minimum atomic E-state index is -4.16. The van der Waals surface area contributed by atoms with E-state index < -0.39 is 17.1 Å². The van der Waals surface area contributed by atoms with Crippen molar-refractivity contribution in [2.24, 2.45) is 22.1 Å². The predicted molar refractivity (Wildman–Crippen MR) is 152 cm³/mol. The van der Waals surface area contributed by atoms with E-state index in [1.165, 1.54) is 14.0 Å². The van der Waals surface area contributed by atoms with Crippen LogP contribution in [0.1, 0.15) is 54.9 Å². The molecule has 13 heteroatoms. The second kappa shape index (κ2) is 11.1. The molecule has 2 aromatic rings. The SMILES string of the molecule is CN=CC(=C(C)N)S(=O)(=O)NB(O)c1ccc(-n2ccc(OCC(C)(C)C)n2)nc1N1C[C@@H](C)CC1(C)C. The minimum absolute atomic E-state index is 0.0151. The summed E-state index contributed by atoms with van der Waals surface area (Å²) in [6.45, 7) is 15.3. The summed E-state index contributed by atoms with van der Waals surface area (Å²) >= 11 is 0. The number of rotatable bonds is 9. The van der Waals surface area contributed by atoms with Crippen molar-refractivity contribution in [2.75, 3.05) is 25.1 Å². The van der Waals surface area contributed by atoms with Crippen LogP contribution in [-0.4, -0.2) is 67.2 Å². The van der Waals surface area contributed by atoms with Crippen molar-refractivity contribution in [1.82, 2.24) is 19.4 Å². The van der Waals surface area contributed by atoms with Gasteiger partial charge in [-0.2, -0.15) is 0 Å². The van der Waals surface area contributed by atoms with E-state index in [-0.39, 0.29) is 21.6 Å². The van der Waals surface area contributed by atoms with Gasteiger partial charge in [-0.05, 0) is 44.6 Å². The molecule has 0 saturated carbocycles. The average molecular weight is 546 g/mol. The molecule has 0 radical (unpaired) electrons. The van der Waals surface area contributed by atoms with Crippen LogP contribution in [0.5, 0.6) is 5.88 Å². The van der Waals surface area contributed by atoms with E-state index in [4.69, 9.17) is 15.5 Å². The van der Waals surface area contributed by atoms with Crippen LogP contribution in [0.25, 0.3) is 5.82 Å². The first-order valence-electron chi connectivity index (χ1n) is 12.6. The summed E-state index contributed by atoms with van der Waals surface area (Å²) in [4.78, 5) is 10.5. The second-order valence-corrected chi connectivity index (χ2v) is 13.4. The predicted octanol–water partition coefficient (Wildman–Crippen LogP) is 1.81. The van der Waals surface area contributed by atoms with Crippen molar-refractivity contribution >= 4 is 34.6 Å². The van der Waals surface area contributed by atoms with Crippen LogP contribution < -0.4 is 25.5 Å². The van der Waals surface area contributed by atoms with Crippen molar-refractivity contribution in [3.05, 3.63) is 35.0 Å². The van der Waals surface area contributed by atoms with Crippen molar-refractivity contribution < 1.29 is 18.2 Å². The number of ether oxygens (including phenoxy) is 1. The number of allylic oxidation sites excluding steroid dienone is 2. The lowest BCUT2D eigenvalue weighted by molar-refractivity contribution is 0.190. The summed E-state index contributed by atoms with van der Waals surface area (Å²) in [5.74, 6) is 1.84. The van der Waals surface area contributed by atoms with Crippen molar-refractivity contribution in [3.8, 4) is 11.7 Å². The van der Waals surface area contributed by atoms with Gasteiger partial charge < -0.3 is 20.4 Å². The Kier molecular flexibility index (Phi) is 8.64. The molecule has 0 aliphatic carbocycles. The molecule has 0 spiro atoms. The van der Waals surface area contributed by atoms with Crippen LogP contribution >= 0.6 is 0 Å². The van der Waals surface area contributed by atoms with E-state index in [1.54, 1.807) is 29.1 Å². The fourth-order valence-electron chi connectivity index (χ4n) is 4.54. The molecule has 1 fully saturated rings. The molecule has 38 heavy (non-hydrogen) atoms. The Morgan fingerprint density at radius 1 is 1.37 bits per heavy atom. The van der Waals surface area contributed by atoms with Gasteiger partial charge in [-0.25, -0.2) is 22.7 Å². The summed E-state index contributed by atoms with van der Waals surface area (Å²) in [5, 5.41) is 15.6. The van der Waals surface area contributed by atoms with E-state index in [2.05, 4.69) is 61.2 Å². The number of hydrogen-bond donors (Lipinski definition) is 3. The van der Waals surface area contributed by atoms with Crippen LogP contribution in [0.15, 0.2) is 40.0 Å². The highest BCUT2D eigenvalue weighted by molar-refractivity contribution is 7.95. The Balaban J connectivity index is 2.03. The molecule has 0 unspecified atom stereocenters. The third-order valence-corrected chi connectivity index (χ3v) is 7.70. The number of anilines is 1. The first kappa shape index (κ1) is 29.7. The minimum Gasteiger partial charge on any atom is -0.476 e. The second-order valence-electron chi connectivity index (χ2n) is 11.7. The molecule has 2 aromatic heterocycles. The molecule has 1 saturated heterocycles. The number of nitrogens with zero attached hydrogens (tertiary/aromatic N) is 5. The van der Waals surface area contributed by atoms with Gasteiger partial charge in [0.05, 0.1) is 6.61 Å². The molecule has 4 N–H and O–H groups in total. The fraction of sp³-hybridized carbons (Fsp3) is 0.560. The Hall–Kier alpha value is -2.90. The number of pyridine rings is 1. The summed E-state index contributed by atoms with van der Waals surface area (Å²) in [6, 6.07) is 5.11. The number of sulfonamides is 1. The van der Waals surface area contributed by atoms with Gasteiger partial charge >= 0.3 is 7.05 Å². The number of aromatic nitrogens is 3. The van der Waals surface area contributed by atoms with Crippen LogP contribution in [0.4, 0.5) is 5.82 Å². The summed E-state index contributed by atoms with van der Waals surface area (Å²) in [6.07, 6.45) is 3.82. The molecule has 1 aliphatic heterocycles. The zero-order valence-corrected chi connectivity index (χ0v) is 24.4. The van der Waals surface area contributed by atoms with Gasteiger partial charge in [0.15, 0.2) is 5.82 Å². The van der Waals surface area contributed by atoms with Gasteiger partial charge in [-0.15, -0.1) is 5.10 Å². The van der Waals surface area contributed by atoms with Gasteiger partial charge in [0, 0.05) is 48.8 Å². The van der Waals surface area contributed by atoms with Crippen LogP contribution in [0.3, 0.4) is 0 Å². The monoisotopic (exact) mass is 545 g/mol. The van der Waals surface area contributed by atoms with E-state index in [0.29, 0.717) is 42.0 Å². The maximum atomic E-state index is 13.0. The normalized spacial score (nSPS) is 18.7. The summed E-state index contributed by atoms with van der Waals surface area (Å²) < 4.78 is 35.8. The van der Waals surface area contributed by atoms with Gasteiger partial charge in [0.2, 0.25) is 15.9 Å². The topological polar surface area (TPSA) is 148 Å². The fourth-order valence-corrected chi connectivity index (χ4v) is 5.76. The Morgan fingerprint density at radius 3 is 2.61 bits per heavy atom. The third-order valence-electron chi connectivity index (χ3n) is 6.16. The zero-order valence-electron chi connectivity index (χ0n) is 23.6. The lowest BCUT2D eigenvalue weighted by Crippen LogP contribution is -2.52. The highest BCUT2D eigenvalue weighted by atomic mass is 32.2. The molecule has 0 bridgehead atoms. The van der Waals surface area contributed by atoms with Gasteiger partial charge in [0.1, 0.15) is 10.7 Å². The molecule has 1 aliphatic rings. The van der Waals surface area contributed by atoms with Crippen LogP contribution in [-0.2, 0) is 10.0 Å². The molecule has 1 atom stereocenters. The molecule has 0 amide bonds. The number of nitrogens with one attached hydrogen (secondary N) is 1. The number of nitrogens with two attached hydrogens (primary N) is 1. The molecular formula is C25H40BN7O4S. The van der Waals surface area contributed by atoms with Crippen molar-refractivity contribution in [1.29, 1.82) is 0 Å². The molecule has 208 valence electrons. The first-order valence-corrected chi connectivity index (χ1v) is 14.1. The lowest BCUT2D eigenvalue weighted by atomic mass is 9.75. The quantitative estimate of drug-likeness (QED) is 0.319. The van der Waals surface area contributed by atoms with E-state index in [9.17, 15) is 13.4 Å². The largest absolute Gasteiger partial charge is 0.476 e. The van der Waals surface area contributed by atoms with Gasteiger partial charge in [-0.1, -0.05) is 33.8 Å². The summed E-state index contributed by atoms with van der Waals surface area (Å²) in [7, 11) is -4.30. The highest BCUT2D eigenvalue weighted by Crippen LogP contribution is 2.35.